The van der Waals surface area contributed by atoms with Crippen LogP contribution in [0.1, 0.15) is 17.6 Å². The number of aromatic nitrogens is 2. The lowest BCUT2D eigenvalue weighted by molar-refractivity contribution is 0.0220. The van der Waals surface area contributed by atoms with Crippen molar-refractivity contribution in [3.05, 3.63) is 28.2 Å². The van der Waals surface area contributed by atoms with Gasteiger partial charge in [0.15, 0.2) is 0 Å². The van der Waals surface area contributed by atoms with Crippen LogP contribution in [0.5, 0.6) is 0 Å². The number of H-pyrrole nitrogens is 1. The Kier molecular flexibility index (Phi) is 3.47. The summed E-state index contributed by atoms with van der Waals surface area (Å²) in [5, 5.41) is 22.0. The van der Waals surface area contributed by atoms with Gasteiger partial charge in [-0.3, -0.25) is 0 Å². The van der Waals surface area contributed by atoms with Gasteiger partial charge in [0.25, 0.3) is 0 Å². The Morgan fingerprint density at radius 2 is 2.43 bits per heavy atom. The molecule has 7 nitrogen and oxygen atoms in total. The number of nitrogens with one attached hydrogen (secondary N) is 1. The molecule has 1 rings (SSSR count). The Bertz CT molecular complexity index is 344. The molecule has 2 atom stereocenters. The predicted octanol–water partition coefficient (Wildman–Crippen LogP) is 0.423. The highest BCUT2D eigenvalue weighted by molar-refractivity contribution is 5.05. The van der Waals surface area contributed by atoms with Crippen molar-refractivity contribution in [1.82, 2.24) is 9.97 Å². The Morgan fingerprint density at radius 1 is 1.71 bits per heavy atom. The number of rotatable bonds is 4. The van der Waals surface area contributed by atoms with Crippen molar-refractivity contribution in [3.63, 3.8) is 0 Å². The molecular formula is C7H11N5O2. The minimum Gasteiger partial charge on any atom is -0.390 e. The van der Waals surface area contributed by atoms with Gasteiger partial charge in [-0.15, -0.1) is 0 Å². The smallest absolute Gasteiger partial charge is 0.121 e. The fourth-order valence-corrected chi connectivity index (χ4v) is 1.02. The van der Waals surface area contributed by atoms with Crippen molar-refractivity contribution in [2.45, 2.75) is 19.1 Å². The van der Waals surface area contributed by atoms with E-state index >= 15 is 0 Å². The summed E-state index contributed by atoms with van der Waals surface area (Å²) < 4.78 is 0. The van der Waals surface area contributed by atoms with E-state index in [2.05, 4.69) is 20.0 Å². The summed E-state index contributed by atoms with van der Waals surface area (Å²) >= 11 is 0. The first-order valence-corrected chi connectivity index (χ1v) is 4.03. The van der Waals surface area contributed by atoms with Crippen molar-refractivity contribution < 1.29 is 10.2 Å². The molecule has 0 spiro atoms. The molecule has 76 valence electrons. The maximum absolute atomic E-state index is 9.52. The molecule has 14 heavy (non-hydrogen) atoms. The number of aromatic amines is 1. The topological polar surface area (TPSA) is 118 Å². The van der Waals surface area contributed by atoms with E-state index in [-0.39, 0.29) is 6.54 Å². The quantitative estimate of drug-likeness (QED) is 0.368. The maximum Gasteiger partial charge on any atom is 0.121 e. The first-order valence-electron chi connectivity index (χ1n) is 4.03. The lowest BCUT2D eigenvalue weighted by Gasteiger charge is -2.13. The normalized spacial score (nSPS) is 14.5. The highest BCUT2D eigenvalue weighted by atomic mass is 16.3. The van der Waals surface area contributed by atoms with Crippen LogP contribution >= 0.6 is 0 Å². The zero-order chi connectivity index (χ0) is 10.6. The third kappa shape index (κ3) is 2.46. The van der Waals surface area contributed by atoms with Gasteiger partial charge in [-0.25, -0.2) is 4.98 Å². The molecule has 0 aliphatic carbocycles. The molecule has 1 aromatic rings. The van der Waals surface area contributed by atoms with Crippen molar-refractivity contribution in [2.24, 2.45) is 5.11 Å². The standard InChI is InChI=1S/C7H11N5O2/c1-4-9-2-5(11-4)7(14)6(13)3-10-12-8/h2,6-7,13-14H,3H2,1H3,(H,9,11). The van der Waals surface area contributed by atoms with E-state index < -0.39 is 12.2 Å². The zero-order valence-electron chi connectivity index (χ0n) is 7.62. The fraction of sp³-hybridized carbons (Fsp3) is 0.571. The summed E-state index contributed by atoms with van der Waals surface area (Å²) in [5.74, 6) is 0.648. The van der Waals surface area contributed by atoms with E-state index in [4.69, 9.17) is 5.53 Å². The molecule has 7 heteroatoms. The fourth-order valence-electron chi connectivity index (χ4n) is 1.02. The number of imidazole rings is 1. The number of nitrogens with zero attached hydrogens (tertiary/aromatic N) is 4. The second-order valence-corrected chi connectivity index (χ2v) is 2.85. The minimum atomic E-state index is -1.12. The predicted molar refractivity (Wildman–Crippen MR) is 48.3 cm³/mol. The summed E-state index contributed by atoms with van der Waals surface area (Å²) in [6, 6.07) is 0. The highest BCUT2D eigenvalue weighted by Gasteiger charge is 2.18. The zero-order valence-corrected chi connectivity index (χ0v) is 7.62. The van der Waals surface area contributed by atoms with Crippen LogP contribution in [-0.4, -0.2) is 32.8 Å². The van der Waals surface area contributed by atoms with E-state index in [0.29, 0.717) is 11.5 Å². The van der Waals surface area contributed by atoms with Crippen LogP contribution in [0.3, 0.4) is 0 Å². The monoisotopic (exact) mass is 197 g/mol. The van der Waals surface area contributed by atoms with E-state index in [9.17, 15) is 10.2 Å². The van der Waals surface area contributed by atoms with Crippen molar-refractivity contribution in [3.8, 4) is 0 Å². The highest BCUT2D eigenvalue weighted by Crippen LogP contribution is 2.14. The lowest BCUT2D eigenvalue weighted by Crippen LogP contribution is -2.21. The number of aliphatic hydroxyl groups is 2. The third-order valence-corrected chi connectivity index (χ3v) is 1.74. The molecule has 0 fully saturated rings. The number of hydrogen-bond acceptors (Lipinski definition) is 4. The van der Waals surface area contributed by atoms with Crippen molar-refractivity contribution in [2.75, 3.05) is 6.54 Å². The Morgan fingerprint density at radius 3 is 2.93 bits per heavy atom. The number of aliphatic hydroxyl groups excluding tert-OH is 2. The minimum absolute atomic E-state index is 0.171. The van der Waals surface area contributed by atoms with Gasteiger partial charge in [-0.1, -0.05) is 5.11 Å². The molecule has 0 radical (unpaired) electrons. The average Bonchev–Trinajstić information content (AvgIpc) is 2.60. The molecule has 0 aromatic carbocycles. The van der Waals surface area contributed by atoms with Crippen molar-refractivity contribution >= 4 is 0 Å². The molecule has 0 amide bonds. The number of azide groups is 1. The molecule has 0 aliphatic rings. The molecule has 1 heterocycles. The van der Waals surface area contributed by atoms with Gasteiger partial charge in [0.1, 0.15) is 11.9 Å². The molecule has 0 saturated heterocycles. The van der Waals surface area contributed by atoms with Gasteiger partial charge in [0, 0.05) is 4.91 Å². The van der Waals surface area contributed by atoms with Crippen LogP contribution in [0, 0.1) is 6.92 Å². The van der Waals surface area contributed by atoms with Crippen LogP contribution in [-0.2, 0) is 0 Å². The van der Waals surface area contributed by atoms with Gasteiger partial charge in [0.05, 0.1) is 24.5 Å². The Hall–Kier alpha value is -1.56. The van der Waals surface area contributed by atoms with E-state index in [1.807, 2.05) is 0 Å². The molecule has 2 unspecified atom stereocenters. The first-order chi connectivity index (χ1) is 6.65. The van der Waals surface area contributed by atoms with E-state index in [1.54, 1.807) is 6.92 Å². The van der Waals surface area contributed by atoms with Gasteiger partial charge >= 0.3 is 0 Å². The van der Waals surface area contributed by atoms with Crippen molar-refractivity contribution in [1.29, 1.82) is 0 Å². The van der Waals surface area contributed by atoms with Crippen LogP contribution in [0.25, 0.3) is 10.4 Å². The number of hydrogen-bond donors (Lipinski definition) is 3. The molecule has 3 N–H and O–H groups in total. The van der Waals surface area contributed by atoms with Gasteiger partial charge in [-0.05, 0) is 12.5 Å². The molecule has 1 aromatic heterocycles. The van der Waals surface area contributed by atoms with Gasteiger partial charge in [0.2, 0.25) is 0 Å². The second-order valence-electron chi connectivity index (χ2n) is 2.85. The number of aryl methyl sites for hydroxylation is 1. The largest absolute Gasteiger partial charge is 0.390 e. The van der Waals surface area contributed by atoms with Crippen LogP contribution < -0.4 is 0 Å². The van der Waals surface area contributed by atoms with Crippen LogP contribution in [0.4, 0.5) is 0 Å². The second kappa shape index (κ2) is 4.61. The summed E-state index contributed by atoms with van der Waals surface area (Å²) in [6.07, 6.45) is -0.799. The molecule has 0 aliphatic heterocycles. The Balaban J connectivity index is 2.64. The molecular weight excluding hydrogens is 186 g/mol. The maximum atomic E-state index is 9.52. The SMILES string of the molecule is Cc1ncc(C(O)C(O)CN=[N+]=[N-])[nH]1. The summed E-state index contributed by atoms with van der Waals surface area (Å²) in [6.45, 7) is 1.56. The first kappa shape index (κ1) is 10.5. The molecule has 0 saturated carbocycles. The van der Waals surface area contributed by atoms with E-state index in [1.165, 1.54) is 6.20 Å². The Labute approximate surface area is 80.0 Å². The third-order valence-electron chi connectivity index (χ3n) is 1.74. The summed E-state index contributed by atoms with van der Waals surface area (Å²) in [4.78, 5) is 9.13. The van der Waals surface area contributed by atoms with Gasteiger partial charge < -0.3 is 15.2 Å². The molecule has 0 bridgehead atoms. The average molecular weight is 197 g/mol. The summed E-state index contributed by atoms with van der Waals surface area (Å²) in [7, 11) is 0. The van der Waals surface area contributed by atoms with Crippen LogP contribution in [0.15, 0.2) is 11.3 Å². The lowest BCUT2D eigenvalue weighted by atomic mass is 10.1. The van der Waals surface area contributed by atoms with Crippen LogP contribution in [0.2, 0.25) is 0 Å². The van der Waals surface area contributed by atoms with E-state index in [0.717, 1.165) is 0 Å². The van der Waals surface area contributed by atoms with Gasteiger partial charge in [-0.2, -0.15) is 0 Å². The summed E-state index contributed by atoms with van der Waals surface area (Å²) in [5.41, 5.74) is 8.42.